The van der Waals surface area contributed by atoms with Gasteiger partial charge in [0.15, 0.2) is 17.5 Å². The molecule has 0 radical (unpaired) electrons. The predicted molar refractivity (Wildman–Crippen MR) is 209 cm³/mol. The lowest BCUT2D eigenvalue weighted by molar-refractivity contribution is 0.668. The van der Waals surface area contributed by atoms with E-state index >= 15 is 0 Å². The standard InChI is InChI=1S/C46H26N4O2/c1-2-10-28-25-30(20-19-27(28)9-1)44-48-45(50-46(49-44)36-15-8-18-39-41(36)34-12-3-5-16-37(34)51-39)31-21-22-32-29(26-31)11-7-14-33(32)43-42-35-13-4-6-17-38(35)52-40(42)23-24-47-43/h1-26H. The zero-order valence-electron chi connectivity index (χ0n) is 27.6. The van der Waals surface area contributed by atoms with Crippen LogP contribution in [-0.4, -0.2) is 19.9 Å². The van der Waals surface area contributed by atoms with Gasteiger partial charge in [-0.1, -0.05) is 115 Å². The molecule has 6 nitrogen and oxygen atoms in total. The molecule has 0 atom stereocenters. The van der Waals surface area contributed by atoms with E-state index in [1.54, 1.807) is 0 Å². The van der Waals surface area contributed by atoms with Crippen molar-refractivity contribution in [1.29, 1.82) is 0 Å². The van der Waals surface area contributed by atoms with Crippen molar-refractivity contribution in [2.45, 2.75) is 0 Å². The number of aromatic nitrogens is 4. The largest absolute Gasteiger partial charge is 0.456 e. The molecule has 0 N–H and O–H groups in total. The van der Waals surface area contributed by atoms with Crippen molar-refractivity contribution in [3.05, 3.63) is 158 Å². The fourth-order valence-electron chi connectivity index (χ4n) is 7.55. The van der Waals surface area contributed by atoms with Crippen LogP contribution in [-0.2, 0) is 0 Å². The maximum absolute atomic E-state index is 6.25. The number of para-hydroxylation sites is 2. The fraction of sp³-hybridized carbons (Fsp3) is 0. The topological polar surface area (TPSA) is 77.8 Å². The molecule has 0 aliphatic carbocycles. The van der Waals surface area contributed by atoms with Crippen molar-refractivity contribution in [2.24, 2.45) is 0 Å². The molecule has 0 bridgehead atoms. The van der Waals surface area contributed by atoms with Crippen LogP contribution in [0.1, 0.15) is 0 Å². The van der Waals surface area contributed by atoms with E-state index in [1.165, 1.54) is 0 Å². The highest BCUT2D eigenvalue weighted by atomic mass is 16.3. The number of hydrogen-bond acceptors (Lipinski definition) is 6. The van der Waals surface area contributed by atoms with Crippen LogP contribution in [0.2, 0.25) is 0 Å². The molecule has 242 valence electrons. The summed E-state index contributed by atoms with van der Waals surface area (Å²) < 4.78 is 12.5. The Bertz CT molecular complexity index is 3210. The molecule has 0 unspecified atom stereocenters. The van der Waals surface area contributed by atoms with E-state index in [-0.39, 0.29) is 0 Å². The SMILES string of the molecule is c1ccc2cc(-c3nc(-c4ccc5c(-c6nccc7oc8ccccc8c67)cccc5c4)nc(-c4cccc5oc6ccccc6c45)n3)ccc2c1. The molecule has 0 amide bonds. The van der Waals surface area contributed by atoms with Crippen molar-refractivity contribution >= 4 is 65.4 Å². The van der Waals surface area contributed by atoms with Crippen molar-refractivity contribution in [3.8, 4) is 45.4 Å². The number of rotatable bonds is 4. The monoisotopic (exact) mass is 666 g/mol. The molecule has 0 saturated carbocycles. The van der Waals surface area contributed by atoms with Crippen LogP contribution in [0.15, 0.2) is 167 Å². The van der Waals surface area contributed by atoms with Crippen LogP contribution in [0, 0.1) is 0 Å². The summed E-state index contributed by atoms with van der Waals surface area (Å²) >= 11 is 0. The number of nitrogens with zero attached hydrogens (tertiary/aromatic N) is 4. The second-order valence-corrected chi connectivity index (χ2v) is 13.0. The van der Waals surface area contributed by atoms with Crippen molar-refractivity contribution in [1.82, 2.24) is 19.9 Å². The minimum Gasteiger partial charge on any atom is -0.456 e. The summed E-state index contributed by atoms with van der Waals surface area (Å²) in [5.41, 5.74) is 7.91. The Morgan fingerprint density at radius 3 is 1.75 bits per heavy atom. The van der Waals surface area contributed by atoms with Crippen LogP contribution >= 0.6 is 0 Å². The first-order valence-corrected chi connectivity index (χ1v) is 17.2. The molecule has 52 heavy (non-hydrogen) atoms. The fourth-order valence-corrected chi connectivity index (χ4v) is 7.55. The van der Waals surface area contributed by atoms with Crippen molar-refractivity contribution < 1.29 is 8.83 Å². The minimum absolute atomic E-state index is 0.585. The Morgan fingerprint density at radius 2 is 0.942 bits per heavy atom. The Morgan fingerprint density at radius 1 is 0.365 bits per heavy atom. The Hall–Kier alpha value is -7.18. The number of fused-ring (bicyclic) bond motifs is 8. The summed E-state index contributed by atoms with van der Waals surface area (Å²) in [7, 11) is 0. The average Bonchev–Trinajstić information content (AvgIpc) is 3.79. The molecular formula is C46H26N4O2. The second kappa shape index (κ2) is 11.2. The van der Waals surface area contributed by atoms with Gasteiger partial charge < -0.3 is 8.83 Å². The molecule has 0 aliphatic rings. The van der Waals surface area contributed by atoms with Crippen molar-refractivity contribution in [3.63, 3.8) is 0 Å². The maximum atomic E-state index is 6.25. The van der Waals surface area contributed by atoms with Crippen molar-refractivity contribution in [2.75, 3.05) is 0 Å². The van der Waals surface area contributed by atoms with Gasteiger partial charge in [0.2, 0.25) is 0 Å². The van der Waals surface area contributed by atoms with E-state index in [4.69, 9.17) is 28.8 Å². The minimum atomic E-state index is 0.585. The van der Waals surface area contributed by atoms with E-state index in [1.807, 2.05) is 60.8 Å². The smallest absolute Gasteiger partial charge is 0.164 e. The molecule has 0 saturated heterocycles. The third kappa shape index (κ3) is 4.44. The molecule has 0 spiro atoms. The Balaban J connectivity index is 1.12. The van der Waals surface area contributed by atoms with Gasteiger partial charge in [-0.15, -0.1) is 0 Å². The van der Waals surface area contributed by atoms with Crippen LogP contribution in [0.5, 0.6) is 0 Å². The third-order valence-corrected chi connectivity index (χ3v) is 9.97. The Labute approximate surface area is 296 Å². The van der Waals surface area contributed by atoms with Crippen LogP contribution in [0.3, 0.4) is 0 Å². The number of benzene rings is 7. The zero-order valence-corrected chi connectivity index (χ0v) is 27.6. The van der Waals surface area contributed by atoms with Gasteiger partial charge in [-0.2, -0.15) is 0 Å². The van der Waals surface area contributed by atoms with E-state index in [0.717, 1.165) is 93.4 Å². The molecular weight excluding hydrogens is 641 g/mol. The van der Waals surface area contributed by atoms with Gasteiger partial charge in [0.25, 0.3) is 0 Å². The molecule has 6 heteroatoms. The highest BCUT2D eigenvalue weighted by Crippen LogP contribution is 2.40. The average molecular weight is 667 g/mol. The first kappa shape index (κ1) is 28.6. The predicted octanol–water partition coefficient (Wildman–Crippen LogP) is 12.0. The zero-order chi connectivity index (χ0) is 34.2. The second-order valence-electron chi connectivity index (χ2n) is 13.0. The molecule has 11 aromatic rings. The van der Waals surface area contributed by atoms with Crippen LogP contribution in [0.4, 0.5) is 0 Å². The molecule has 4 heterocycles. The molecule has 11 rings (SSSR count). The lowest BCUT2D eigenvalue weighted by atomic mass is 9.97. The van der Waals surface area contributed by atoms with E-state index in [0.29, 0.717) is 17.5 Å². The summed E-state index contributed by atoms with van der Waals surface area (Å²) in [5.74, 6) is 1.78. The molecule has 7 aromatic carbocycles. The first-order valence-electron chi connectivity index (χ1n) is 17.2. The summed E-state index contributed by atoms with van der Waals surface area (Å²) in [4.78, 5) is 20.3. The summed E-state index contributed by atoms with van der Waals surface area (Å²) in [5, 5.41) is 8.49. The van der Waals surface area contributed by atoms with Gasteiger partial charge in [-0.25, -0.2) is 15.0 Å². The van der Waals surface area contributed by atoms with Gasteiger partial charge in [0.1, 0.15) is 22.3 Å². The molecule has 0 aliphatic heterocycles. The number of hydrogen-bond donors (Lipinski definition) is 0. The van der Waals surface area contributed by atoms with Crippen LogP contribution < -0.4 is 0 Å². The normalized spacial score (nSPS) is 11.8. The molecule has 0 fully saturated rings. The summed E-state index contributed by atoms with van der Waals surface area (Å²) in [6.45, 7) is 0. The lowest BCUT2D eigenvalue weighted by Crippen LogP contribution is -2.00. The van der Waals surface area contributed by atoms with Gasteiger partial charge in [-0.05, 0) is 57.9 Å². The van der Waals surface area contributed by atoms with Crippen LogP contribution in [0.25, 0.3) is 111 Å². The summed E-state index contributed by atoms with van der Waals surface area (Å²) in [6, 6.07) is 51.6. The quantitative estimate of drug-likeness (QED) is 0.186. The van der Waals surface area contributed by atoms with E-state index in [9.17, 15) is 0 Å². The van der Waals surface area contributed by atoms with E-state index in [2.05, 4.69) is 97.1 Å². The molecule has 4 aromatic heterocycles. The number of furan rings is 2. The van der Waals surface area contributed by atoms with Gasteiger partial charge in [-0.3, -0.25) is 4.98 Å². The van der Waals surface area contributed by atoms with E-state index < -0.39 is 0 Å². The lowest BCUT2D eigenvalue weighted by Gasteiger charge is -2.12. The first-order chi connectivity index (χ1) is 25.7. The van der Waals surface area contributed by atoms with Gasteiger partial charge in [0, 0.05) is 44.6 Å². The van der Waals surface area contributed by atoms with Gasteiger partial charge >= 0.3 is 0 Å². The van der Waals surface area contributed by atoms with Gasteiger partial charge in [0.05, 0.1) is 11.1 Å². The third-order valence-electron chi connectivity index (χ3n) is 9.97. The highest BCUT2D eigenvalue weighted by molar-refractivity contribution is 6.14. The summed E-state index contributed by atoms with van der Waals surface area (Å²) in [6.07, 6.45) is 1.82. The number of pyridine rings is 1. The Kier molecular flexibility index (Phi) is 6.15. The maximum Gasteiger partial charge on any atom is 0.164 e. The highest BCUT2D eigenvalue weighted by Gasteiger charge is 2.19.